The zero-order chi connectivity index (χ0) is 12.8. The van der Waals surface area contributed by atoms with Crippen molar-refractivity contribution in [2.24, 2.45) is 11.7 Å². The second-order valence-corrected chi connectivity index (χ2v) is 4.43. The number of rotatable bonds is 5. The van der Waals surface area contributed by atoms with Crippen molar-refractivity contribution in [1.29, 1.82) is 0 Å². The molecule has 1 aromatic rings. The van der Waals surface area contributed by atoms with Gasteiger partial charge in [-0.2, -0.15) is 0 Å². The van der Waals surface area contributed by atoms with Crippen LogP contribution >= 0.6 is 0 Å². The van der Waals surface area contributed by atoms with Gasteiger partial charge < -0.3 is 15.8 Å². The van der Waals surface area contributed by atoms with Crippen LogP contribution in [0.1, 0.15) is 19.4 Å². The fraction of sp³-hybridized carbons (Fsp3) is 0.462. The van der Waals surface area contributed by atoms with E-state index in [1.54, 1.807) is 0 Å². The average Bonchev–Trinajstić information content (AvgIpc) is 2.29. The number of benzene rings is 1. The minimum Gasteiger partial charge on any atom is -0.493 e. The van der Waals surface area contributed by atoms with Crippen molar-refractivity contribution in [2.45, 2.75) is 20.8 Å². The number of hydrogen-bond donors (Lipinski definition) is 2. The normalized spacial score (nSPS) is 10.4. The first kappa shape index (κ1) is 13.5. The molecule has 1 aromatic carbocycles. The first-order valence-electron chi connectivity index (χ1n) is 5.76. The molecule has 4 nitrogen and oxygen atoms in total. The highest BCUT2D eigenvalue weighted by Gasteiger charge is 2.04. The summed E-state index contributed by atoms with van der Waals surface area (Å²) in [6.45, 7) is 6.80. The number of hydrogen-bond acceptors (Lipinski definition) is 3. The Labute approximate surface area is 102 Å². The van der Waals surface area contributed by atoms with Crippen LogP contribution < -0.4 is 15.8 Å². The molecule has 0 heterocycles. The molecule has 0 aromatic heterocycles. The van der Waals surface area contributed by atoms with Gasteiger partial charge >= 0.3 is 0 Å². The highest BCUT2D eigenvalue weighted by Crippen LogP contribution is 2.21. The van der Waals surface area contributed by atoms with E-state index >= 15 is 0 Å². The molecule has 0 saturated carbocycles. The van der Waals surface area contributed by atoms with Crippen molar-refractivity contribution in [3.05, 3.63) is 23.8 Å². The Balaban J connectivity index is 2.69. The summed E-state index contributed by atoms with van der Waals surface area (Å²) in [6, 6.07) is 5.59. The third-order valence-corrected chi connectivity index (χ3v) is 2.24. The predicted octanol–water partition coefficient (Wildman–Crippen LogP) is 1.93. The van der Waals surface area contributed by atoms with Crippen LogP contribution in [0, 0.1) is 12.8 Å². The van der Waals surface area contributed by atoms with E-state index in [1.165, 1.54) is 0 Å². The molecule has 0 bridgehead atoms. The molecule has 1 amide bonds. The Hall–Kier alpha value is -1.55. The average molecular weight is 236 g/mol. The summed E-state index contributed by atoms with van der Waals surface area (Å²) in [5.41, 5.74) is 6.99. The fourth-order valence-corrected chi connectivity index (χ4v) is 1.33. The molecule has 17 heavy (non-hydrogen) atoms. The van der Waals surface area contributed by atoms with Gasteiger partial charge in [0.05, 0.1) is 13.2 Å². The van der Waals surface area contributed by atoms with Gasteiger partial charge in [0, 0.05) is 5.69 Å². The van der Waals surface area contributed by atoms with Crippen LogP contribution in [0.2, 0.25) is 0 Å². The van der Waals surface area contributed by atoms with E-state index in [1.807, 2.05) is 25.1 Å². The molecule has 0 spiro atoms. The lowest BCUT2D eigenvalue weighted by molar-refractivity contribution is -0.114. The fourth-order valence-electron chi connectivity index (χ4n) is 1.33. The van der Waals surface area contributed by atoms with E-state index in [0.717, 1.165) is 17.0 Å². The maximum Gasteiger partial charge on any atom is 0.238 e. The Kier molecular flexibility index (Phi) is 4.97. The SMILES string of the molecule is Cc1cc(OCC(C)C)ccc1NC(=O)CN. The standard InChI is InChI=1S/C13H20N2O2/c1-9(2)8-17-11-4-5-12(10(3)6-11)15-13(16)7-14/h4-6,9H,7-8,14H2,1-3H3,(H,15,16). The number of carbonyl (C=O) groups excluding carboxylic acids is 1. The Morgan fingerprint density at radius 3 is 2.71 bits per heavy atom. The van der Waals surface area contributed by atoms with Gasteiger partial charge in [-0.1, -0.05) is 13.8 Å². The number of nitrogens with two attached hydrogens (primary N) is 1. The number of ether oxygens (including phenoxy) is 1. The smallest absolute Gasteiger partial charge is 0.238 e. The maximum absolute atomic E-state index is 11.2. The molecule has 0 unspecified atom stereocenters. The summed E-state index contributed by atoms with van der Waals surface area (Å²) in [7, 11) is 0. The zero-order valence-corrected chi connectivity index (χ0v) is 10.6. The molecule has 0 aliphatic carbocycles. The molecule has 0 aliphatic rings. The maximum atomic E-state index is 11.2. The third-order valence-electron chi connectivity index (χ3n) is 2.24. The Morgan fingerprint density at radius 1 is 1.47 bits per heavy atom. The van der Waals surface area contributed by atoms with Gasteiger partial charge in [-0.05, 0) is 36.6 Å². The van der Waals surface area contributed by atoms with Crippen molar-refractivity contribution < 1.29 is 9.53 Å². The van der Waals surface area contributed by atoms with Crippen LogP contribution in [0.25, 0.3) is 0 Å². The largest absolute Gasteiger partial charge is 0.493 e. The lowest BCUT2D eigenvalue weighted by Crippen LogP contribution is -2.22. The van der Waals surface area contributed by atoms with Crippen molar-refractivity contribution in [3.63, 3.8) is 0 Å². The summed E-state index contributed by atoms with van der Waals surface area (Å²) in [5.74, 6) is 1.12. The summed E-state index contributed by atoms with van der Waals surface area (Å²) < 4.78 is 5.60. The second kappa shape index (κ2) is 6.25. The monoisotopic (exact) mass is 236 g/mol. The van der Waals surface area contributed by atoms with Gasteiger partial charge in [0.15, 0.2) is 0 Å². The topological polar surface area (TPSA) is 64.3 Å². The van der Waals surface area contributed by atoms with Crippen LogP contribution in [0.3, 0.4) is 0 Å². The molecule has 0 radical (unpaired) electrons. The molecule has 4 heteroatoms. The lowest BCUT2D eigenvalue weighted by atomic mass is 10.2. The summed E-state index contributed by atoms with van der Waals surface area (Å²) in [4.78, 5) is 11.2. The van der Waals surface area contributed by atoms with E-state index in [9.17, 15) is 4.79 Å². The first-order valence-corrected chi connectivity index (χ1v) is 5.76. The van der Waals surface area contributed by atoms with E-state index in [-0.39, 0.29) is 12.5 Å². The number of aryl methyl sites for hydroxylation is 1. The molecule has 94 valence electrons. The molecule has 0 saturated heterocycles. The predicted molar refractivity (Wildman–Crippen MR) is 69.2 cm³/mol. The lowest BCUT2D eigenvalue weighted by Gasteiger charge is -2.12. The minimum absolute atomic E-state index is 0.00889. The first-order chi connectivity index (χ1) is 8.02. The molecule has 0 atom stereocenters. The van der Waals surface area contributed by atoms with Crippen molar-refractivity contribution >= 4 is 11.6 Å². The molecule has 1 rings (SSSR count). The number of nitrogens with one attached hydrogen (secondary N) is 1. The number of carbonyl (C=O) groups is 1. The molecular formula is C13H20N2O2. The van der Waals surface area contributed by atoms with Crippen molar-refractivity contribution in [2.75, 3.05) is 18.5 Å². The molecular weight excluding hydrogens is 216 g/mol. The van der Waals surface area contributed by atoms with Crippen molar-refractivity contribution in [3.8, 4) is 5.75 Å². The van der Waals surface area contributed by atoms with E-state index in [0.29, 0.717) is 12.5 Å². The van der Waals surface area contributed by atoms with Crippen LogP contribution in [-0.2, 0) is 4.79 Å². The van der Waals surface area contributed by atoms with Gasteiger partial charge in [-0.25, -0.2) is 0 Å². The summed E-state index contributed by atoms with van der Waals surface area (Å²) >= 11 is 0. The van der Waals surface area contributed by atoms with Gasteiger partial charge in [-0.3, -0.25) is 4.79 Å². The van der Waals surface area contributed by atoms with E-state index in [4.69, 9.17) is 10.5 Å². The summed E-state index contributed by atoms with van der Waals surface area (Å²) in [6.07, 6.45) is 0. The Morgan fingerprint density at radius 2 is 2.18 bits per heavy atom. The highest BCUT2D eigenvalue weighted by molar-refractivity contribution is 5.92. The molecule has 3 N–H and O–H groups in total. The second-order valence-electron chi connectivity index (χ2n) is 4.43. The highest BCUT2D eigenvalue weighted by atomic mass is 16.5. The minimum atomic E-state index is -0.191. The number of amides is 1. The van der Waals surface area contributed by atoms with Gasteiger partial charge in [0.25, 0.3) is 0 Å². The van der Waals surface area contributed by atoms with Crippen LogP contribution in [0.5, 0.6) is 5.75 Å². The zero-order valence-electron chi connectivity index (χ0n) is 10.6. The molecule has 0 aliphatic heterocycles. The van der Waals surface area contributed by atoms with E-state index < -0.39 is 0 Å². The van der Waals surface area contributed by atoms with Crippen LogP contribution in [0.15, 0.2) is 18.2 Å². The van der Waals surface area contributed by atoms with Crippen LogP contribution in [-0.4, -0.2) is 19.1 Å². The quantitative estimate of drug-likeness (QED) is 0.821. The Bertz CT molecular complexity index is 389. The number of anilines is 1. The summed E-state index contributed by atoms with van der Waals surface area (Å²) in [5, 5.41) is 2.73. The van der Waals surface area contributed by atoms with Gasteiger partial charge in [0.1, 0.15) is 5.75 Å². The van der Waals surface area contributed by atoms with Gasteiger partial charge in [-0.15, -0.1) is 0 Å². The van der Waals surface area contributed by atoms with E-state index in [2.05, 4.69) is 19.2 Å². The molecule has 0 fully saturated rings. The third kappa shape index (κ3) is 4.44. The van der Waals surface area contributed by atoms with Gasteiger partial charge in [0.2, 0.25) is 5.91 Å². The van der Waals surface area contributed by atoms with Crippen molar-refractivity contribution in [1.82, 2.24) is 0 Å². The van der Waals surface area contributed by atoms with Crippen LogP contribution in [0.4, 0.5) is 5.69 Å².